The number of rotatable bonds is 1. The minimum Gasteiger partial charge on any atom is -0.465 e. The Morgan fingerprint density at radius 3 is 2.79 bits per heavy atom. The topological polar surface area (TPSA) is 76.9 Å². The molecule has 0 bridgehead atoms. The number of anilines is 1. The fourth-order valence-corrected chi connectivity index (χ4v) is 2.54. The van der Waals surface area contributed by atoms with Crippen LogP contribution in [0, 0.1) is 0 Å². The zero-order chi connectivity index (χ0) is 14.0. The monoisotopic (exact) mass is 329 g/mol. The summed E-state index contributed by atoms with van der Waals surface area (Å²) in [6.07, 6.45) is -1.01. The van der Waals surface area contributed by atoms with E-state index in [1.165, 1.54) is 4.90 Å². The van der Waals surface area contributed by atoms with E-state index >= 15 is 0 Å². The standard InChI is InChI=1S/C12H16BrN3O3/c1-12(19)7-15(5-6-16(8-12)11(17)18)10-4-2-3-9(13)14-10/h2-4,19H,5-8H2,1H3,(H,17,18). The van der Waals surface area contributed by atoms with Gasteiger partial charge < -0.3 is 20.0 Å². The molecule has 1 aromatic rings. The number of β-amino-alcohol motifs (C(OH)–C–C–N with tert-alkyl or cyclic N) is 1. The van der Waals surface area contributed by atoms with Crippen LogP contribution in [0.15, 0.2) is 22.8 Å². The molecule has 19 heavy (non-hydrogen) atoms. The lowest BCUT2D eigenvalue weighted by Gasteiger charge is -2.29. The van der Waals surface area contributed by atoms with Crippen molar-refractivity contribution in [2.75, 3.05) is 31.1 Å². The predicted octanol–water partition coefficient (Wildman–Crippen LogP) is 1.40. The van der Waals surface area contributed by atoms with Crippen LogP contribution < -0.4 is 4.90 Å². The number of aromatic nitrogens is 1. The first kappa shape index (κ1) is 14.1. The van der Waals surface area contributed by atoms with Gasteiger partial charge in [0.25, 0.3) is 0 Å². The largest absolute Gasteiger partial charge is 0.465 e. The van der Waals surface area contributed by atoms with Crippen molar-refractivity contribution in [3.8, 4) is 0 Å². The van der Waals surface area contributed by atoms with E-state index in [-0.39, 0.29) is 6.54 Å². The molecule has 1 fully saturated rings. The van der Waals surface area contributed by atoms with Crippen LogP contribution in [0.4, 0.5) is 10.6 Å². The second-order valence-corrected chi connectivity index (χ2v) is 5.75. The van der Waals surface area contributed by atoms with E-state index in [1.807, 2.05) is 23.1 Å². The van der Waals surface area contributed by atoms with Crippen molar-refractivity contribution < 1.29 is 15.0 Å². The Morgan fingerprint density at radius 1 is 1.42 bits per heavy atom. The summed E-state index contributed by atoms with van der Waals surface area (Å²) in [7, 11) is 0. The molecule has 1 aromatic heterocycles. The lowest BCUT2D eigenvalue weighted by molar-refractivity contribution is 0.0378. The normalized spacial score (nSPS) is 24.2. The highest BCUT2D eigenvalue weighted by Gasteiger charge is 2.33. The molecule has 1 aliphatic rings. The van der Waals surface area contributed by atoms with Gasteiger partial charge in [-0.15, -0.1) is 0 Å². The van der Waals surface area contributed by atoms with E-state index in [0.29, 0.717) is 24.2 Å². The Labute approximate surface area is 119 Å². The van der Waals surface area contributed by atoms with Crippen LogP contribution in [-0.2, 0) is 0 Å². The van der Waals surface area contributed by atoms with Gasteiger partial charge in [0, 0.05) is 19.6 Å². The Kier molecular flexibility index (Phi) is 3.96. The third-order valence-electron chi connectivity index (χ3n) is 3.00. The maximum atomic E-state index is 11.1. The van der Waals surface area contributed by atoms with Crippen molar-refractivity contribution in [3.63, 3.8) is 0 Å². The van der Waals surface area contributed by atoms with Crippen molar-refractivity contribution in [3.05, 3.63) is 22.8 Å². The van der Waals surface area contributed by atoms with E-state index in [0.717, 1.165) is 5.82 Å². The quantitative estimate of drug-likeness (QED) is 0.761. The number of carboxylic acid groups (broad SMARTS) is 1. The number of aliphatic hydroxyl groups is 1. The van der Waals surface area contributed by atoms with Gasteiger partial charge in [0.15, 0.2) is 0 Å². The van der Waals surface area contributed by atoms with Gasteiger partial charge in [-0.3, -0.25) is 0 Å². The summed E-state index contributed by atoms with van der Waals surface area (Å²) in [5, 5.41) is 19.4. The van der Waals surface area contributed by atoms with Crippen LogP contribution in [0.25, 0.3) is 0 Å². The van der Waals surface area contributed by atoms with Gasteiger partial charge in [-0.2, -0.15) is 0 Å². The van der Waals surface area contributed by atoms with Crippen LogP contribution >= 0.6 is 15.9 Å². The summed E-state index contributed by atoms with van der Waals surface area (Å²) >= 11 is 3.31. The molecule has 0 aromatic carbocycles. The first-order valence-electron chi connectivity index (χ1n) is 5.95. The number of hydrogen-bond acceptors (Lipinski definition) is 4. The summed E-state index contributed by atoms with van der Waals surface area (Å²) in [6.45, 7) is 2.94. The SMILES string of the molecule is CC1(O)CN(C(=O)O)CCN(c2cccc(Br)n2)C1. The average molecular weight is 330 g/mol. The molecular weight excluding hydrogens is 314 g/mol. The second kappa shape index (κ2) is 5.34. The Bertz CT molecular complexity index is 481. The van der Waals surface area contributed by atoms with E-state index in [9.17, 15) is 9.90 Å². The molecular formula is C12H16BrN3O3. The van der Waals surface area contributed by atoms with Crippen LogP contribution in [0.1, 0.15) is 6.92 Å². The summed E-state index contributed by atoms with van der Waals surface area (Å²) < 4.78 is 0.712. The van der Waals surface area contributed by atoms with E-state index in [4.69, 9.17) is 5.11 Å². The van der Waals surface area contributed by atoms with E-state index in [1.54, 1.807) is 6.92 Å². The average Bonchev–Trinajstić information content (AvgIpc) is 2.47. The smallest absolute Gasteiger partial charge is 0.407 e. The molecule has 104 valence electrons. The van der Waals surface area contributed by atoms with Crippen LogP contribution in [-0.4, -0.2) is 58.0 Å². The van der Waals surface area contributed by atoms with Gasteiger partial charge in [-0.1, -0.05) is 6.07 Å². The molecule has 1 aliphatic heterocycles. The first-order chi connectivity index (χ1) is 8.87. The zero-order valence-corrected chi connectivity index (χ0v) is 12.2. The van der Waals surface area contributed by atoms with Gasteiger partial charge in [0.05, 0.1) is 12.1 Å². The zero-order valence-electron chi connectivity index (χ0n) is 10.6. The van der Waals surface area contributed by atoms with Crippen molar-refractivity contribution in [1.29, 1.82) is 0 Å². The predicted molar refractivity (Wildman–Crippen MR) is 74.4 cm³/mol. The van der Waals surface area contributed by atoms with Crippen molar-refractivity contribution in [2.45, 2.75) is 12.5 Å². The molecule has 2 rings (SSSR count). The van der Waals surface area contributed by atoms with E-state index < -0.39 is 11.7 Å². The molecule has 1 saturated heterocycles. The van der Waals surface area contributed by atoms with Gasteiger partial charge in [-0.25, -0.2) is 9.78 Å². The molecule has 6 nitrogen and oxygen atoms in total. The van der Waals surface area contributed by atoms with E-state index in [2.05, 4.69) is 20.9 Å². The first-order valence-corrected chi connectivity index (χ1v) is 6.74. The Morgan fingerprint density at radius 2 is 2.16 bits per heavy atom. The lowest BCUT2D eigenvalue weighted by atomic mass is 10.1. The Hall–Kier alpha value is -1.34. The molecule has 0 radical (unpaired) electrons. The van der Waals surface area contributed by atoms with Gasteiger partial charge in [0.2, 0.25) is 0 Å². The fraction of sp³-hybridized carbons (Fsp3) is 0.500. The third kappa shape index (κ3) is 3.57. The fourth-order valence-electron chi connectivity index (χ4n) is 2.20. The summed E-state index contributed by atoms with van der Waals surface area (Å²) in [4.78, 5) is 18.5. The molecule has 2 N–H and O–H groups in total. The maximum absolute atomic E-state index is 11.1. The van der Waals surface area contributed by atoms with Crippen molar-refractivity contribution >= 4 is 27.8 Å². The highest BCUT2D eigenvalue weighted by molar-refractivity contribution is 9.10. The van der Waals surface area contributed by atoms with Gasteiger partial charge in [-0.05, 0) is 35.0 Å². The maximum Gasteiger partial charge on any atom is 0.407 e. The van der Waals surface area contributed by atoms with Gasteiger partial charge >= 0.3 is 6.09 Å². The van der Waals surface area contributed by atoms with Crippen molar-refractivity contribution in [1.82, 2.24) is 9.88 Å². The number of amides is 1. The highest BCUT2D eigenvalue weighted by atomic mass is 79.9. The van der Waals surface area contributed by atoms with Crippen molar-refractivity contribution in [2.24, 2.45) is 0 Å². The number of hydrogen-bond donors (Lipinski definition) is 2. The number of halogens is 1. The molecule has 2 heterocycles. The second-order valence-electron chi connectivity index (χ2n) is 4.94. The summed E-state index contributed by atoms with van der Waals surface area (Å²) in [6, 6.07) is 5.53. The molecule has 1 atom stereocenters. The molecule has 1 amide bonds. The molecule has 1 unspecified atom stereocenters. The summed E-state index contributed by atoms with van der Waals surface area (Å²) in [5.74, 6) is 0.724. The Balaban J connectivity index is 2.21. The molecule has 0 spiro atoms. The third-order valence-corrected chi connectivity index (χ3v) is 3.44. The highest BCUT2D eigenvalue weighted by Crippen LogP contribution is 2.20. The lowest BCUT2D eigenvalue weighted by Crippen LogP contribution is -2.45. The van der Waals surface area contributed by atoms with Crippen LogP contribution in [0.2, 0.25) is 0 Å². The molecule has 7 heteroatoms. The minimum atomic E-state index is -1.10. The van der Waals surface area contributed by atoms with Crippen LogP contribution in [0.3, 0.4) is 0 Å². The van der Waals surface area contributed by atoms with Gasteiger partial charge in [0.1, 0.15) is 10.4 Å². The number of carbonyl (C=O) groups is 1. The number of nitrogens with zero attached hydrogens (tertiary/aromatic N) is 3. The summed E-state index contributed by atoms with van der Waals surface area (Å²) in [5.41, 5.74) is -1.10. The molecule has 0 aliphatic carbocycles. The number of pyridine rings is 1. The minimum absolute atomic E-state index is 0.104. The van der Waals surface area contributed by atoms with Crippen LogP contribution in [0.5, 0.6) is 0 Å². The molecule has 0 saturated carbocycles.